The van der Waals surface area contributed by atoms with E-state index in [1.54, 1.807) is 84.9 Å². The summed E-state index contributed by atoms with van der Waals surface area (Å²) < 4.78 is 63.2. The number of sulfonamides is 2. The number of rotatable bonds is 14. The standard InChI is InChI=1S/C22H29N3O4S.C17H17NO4S.C6H12N/c1-23-12-14-24(15-13-23)16-17-30(27,28)25(21-6-4-3-5-7-21)18-19-8-10-20(11-9-19)22(26)29-2;1-3-23(20,21)18(16-7-5-4-6-8-16)13-14-9-11-15(12-10-14)17(19)22-2;1-7-5-3-2-4-6-7/h3-11H,12-18H2,1-2H3;3-12H,1,13H2,2H3;3H,2,4-6H2,1H3/q;;+1. The number of carbonyl (C=O) groups is 2. The fraction of sp³-hybridized carbons (Fsp3) is 0.356. The predicted octanol–water partition coefficient (Wildman–Crippen LogP) is 5.93. The first-order valence-corrected chi connectivity index (χ1v) is 22.9. The number of piperazine rings is 1. The number of nitrogens with zero attached hydrogens (tertiary/aromatic N) is 5. The number of ether oxygens (including phenoxy) is 2. The molecule has 0 unspecified atom stereocenters. The van der Waals surface area contributed by atoms with Crippen molar-refractivity contribution in [2.24, 2.45) is 0 Å². The molecule has 4 aromatic rings. The van der Waals surface area contributed by atoms with Crippen LogP contribution in [0.3, 0.4) is 0 Å². The van der Waals surface area contributed by atoms with Crippen LogP contribution >= 0.6 is 0 Å². The fourth-order valence-electron chi connectivity index (χ4n) is 6.35. The summed E-state index contributed by atoms with van der Waals surface area (Å²) in [6.07, 6.45) is 5.02. The maximum atomic E-state index is 13.3. The Balaban J connectivity index is 0.000000233. The molecule has 0 amide bonds. The van der Waals surface area contributed by atoms with E-state index in [1.165, 1.54) is 48.8 Å². The molecule has 2 aliphatic heterocycles. The third-order valence-electron chi connectivity index (χ3n) is 9.99. The number of likely N-dealkylation sites (N-methyl/N-ethyl adjacent to an activating group) is 1. The lowest BCUT2D eigenvalue weighted by molar-refractivity contribution is 0.0592. The lowest BCUT2D eigenvalue weighted by Crippen LogP contribution is -2.47. The van der Waals surface area contributed by atoms with Crippen LogP contribution in [0.1, 0.15) is 44.7 Å². The Kier molecular flexibility index (Phi) is 18.6. The van der Waals surface area contributed by atoms with Gasteiger partial charge in [0.2, 0.25) is 10.0 Å². The van der Waals surface area contributed by atoms with Gasteiger partial charge in [0, 0.05) is 51.1 Å². The second kappa shape index (κ2) is 23.6. The van der Waals surface area contributed by atoms with Gasteiger partial charge < -0.3 is 14.4 Å². The third-order valence-corrected chi connectivity index (χ3v) is 13.1. The molecule has 6 rings (SSSR count). The van der Waals surface area contributed by atoms with Crippen LogP contribution in [0, 0.1) is 6.42 Å². The van der Waals surface area contributed by atoms with E-state index in [0.717, 1.165) is 42.7 Å². The van der Waals surface area contributed by atoms with Gasteiger partial charge in [0.05, 0.1) is 68.4 Å². The molecule has 2 heterocycles. The molecular formula is C45H58N5O8S2+. The fourth-order valence-corrected chi connectivity index (χ4v) is 8.77. The molecule has 2 aliphatic rings. The lowest BCUT2D eigenvalue weighted by atomic mass is 10.1. The Bertz CT molecular complexity index is 2140. The summed E-state index contributed by atoms with van der Waals surface area (Å²) in [6, 6.07) is 31.3. The van der Waals surface area contributed by atoms with Crippen molar-refractivity contribution in [2.45, 2.75) is 25.9 Å². The van der Waals surface area contributed by atoms with Crippen molar-refractivity contribution in [3.05, 3.63) is 150 Å². The average Bonchev–Trinajstić information content (AvgIpc) is 3.28. The molecule has 60 heavy (non-hydrogen) atoms. The molecule has 2 fully saturated rings. The molecule has 0 aromatic heterocycles. The van der Waals surface area contributed by atoms with Gasteiger partial charge in [0.15, 0.2) is 0 Å². The zero-order chi connectivity index (χ0) is 43.5. The van der Waals surface area contributed by atoms with Crippen LogP contribution in [0.25, 0.3) is 0 Å². The summed E-state index contributed by atoms with van der Waals surface area (Å²) in [4.78, 5) is 29.9. The van der Waals surface area contributed by atoms with Gasteiger partial charge in [0.25, 0.3) is 10.0 Å². The van der Waals surface area contributed by atoms with Gasteiger partial charge in [-0.15, -0.1) is 0 Å². The molecule has 0 bridgehead atoms. The maximum absolute atomic E-state index is 13.3. The number of esters is 2. The van der Waals surface area contributed by atoms with Crippen LogP contribution in [-0.4, -0.2) is 123 Å². The lowest BCUT2D eigenvalue weighted by Gasteiger charge is -2.33. The van der Waals surface area contributed by atoms with Gasteiger partial charge in [-0.3, -0.25) is 18.4 Å². The summed E-state index contributed by atoms with van der Waals surface area (Å²) in [5, 5.41) is 0.919. The summed E-state index contributed by atoms with van der Waals surface area (Å²) in [7, 11) is -0.283. The van der Waals surface area contributed by atoms with E-state index in [0.29, 0.717) is 29.0 Å². The number of carbonyl (C=O) groups excluding carboxylic acids is 2. The van der Waals surface area contributed by atoms with Gasteiger partial charge in [0.1, 0.15) is 6.54 Å². The third kappa shape index (κ3) is 14.8. The van der Waals surface area contributed by atoms with Crippen LogP contribution in [0.15, 0.2) is 121 Å². The summed E-state index contributed by atoms with van der Waals surface area (Å²) in [5.41, 5.74) is 3.57. The molecular weight excluding hydrogens is 803 g/mol. The second-order valence-corrected chi connectivity index (χ2v) is 18.2. The normalized spacial score (nSPS) is 14.8. The summed E-state index contributed by atoms with van der Waals surface area (Å²) in [6.45, 7) is 10.4. The van der Waals surface area contributed by atoms with E-state index in [9.17, 15) is 26.4 Å². The van der Waals surface area contributed by atoms with E-state index in [2.05, 4.69) is 46.5 Å². The number of hydrogen-bond acceptors (Lipinski definition) is 11. The van der Waals surface area contributed by atoms with E-state index < -0.39 is 32.0 Å². The minimum Gasteiger partial charge on any atom is -0.465 e. The number of methoxy groups -OCH3 is 2. The van der Waals surface area contributed by atoms with Crippen LogP contribution < -0.4 is 8.61 Å². The van der Waals surface area contributed by atoms with Gasteiger partial charge in [-0.2, -0.15) is 0 Å². The van der Waals surface area contributed by atoms with Crippen LogP contribution in [0.2, 0.25) is 0 Å². The molecule has 0 radical (unpaired) electrons. The van der Waals surface area contributed by atoms with Gasteiger partial charge in [-0.25, -0.2) is 26.4 Å². The highest BCUT2D eigenvalue weighted by Gasteiger charge is 2.25. The Labute approximate surface area is 356 Å². The summed E-state index contributed by atoms with van der Waals surface area (Å²) in [5.74, 6) is -0.789. The van der Waals surface area contributed by atoms with Gasteiger partial charge in [-0.05, 0) is 73.8 Å². The first kappa shape index (κ1) is 47.5. The number of benzene rings is 4. The topological polar surface area (TPSA) is 137 Å². The van der Waals surface area contributed by atoms with Crippen LogP contribution in [0.5, 0.6) is 0 Å². The van der Waals surface area contributed by atoms with E-state index >= 15 is 0 Å². The van der Waals surface area contributed by atoms with Crippen molar-refractivity contribution in [1.82, 2.24) is 14.7 Å². The van der Waals surface area contributed by atoms with Crippen molar-refractivity contribution in [1.29, 1.82) is 0 Å². The average molecular weight is 861 g/mol. The van der Waals surface area contributed by atoms with Crippen molar-refractivity contribution < 1.29 is 35.9 Å². The van der Waals surface area contributed by atoms with Crippen LogP contribution in [0.4, 0.5) is 11.4 Å². The minimum absolute atomic E-state index is 0.0614. The molecule has 322 valence electrons. The quantitative estimate of drug-likeness (QED) is 0.110. The largest absolute Gasteiger partial charge is 0.465 e. The molecule has 0 atom stereocenters. The highest BCUT2D eigenvalue weighted by Crippen LogP contribution is 2.23. The molecule has 0 aliphatic carbocycles. The molecule has 15 heteroatoms. The monoisotopic (exact) mass is 860 g/mol. The molecule has 4 aromatic carbocycles. The van der Waals surface area contributed by atoms with E-state index in [4.69, 9.17) is 4.74 Å². The van der Waals surface area contributed by atoms with Crippen molar-refractivity contribution >= 4 is 43.4 Å². The Morgan fingerprint density at radius 2 is 1.13 bits per heavy atom. The van der Waals surface area contributed by atoms with Gasteiger partial charge >= 0.3 is 11.9 Å². The highest BCUT2D eigenvalue weighted by molar-refractivity contribution is 7.95. The van der Waals surface area contributed by atoms with Crippen molar-refractivity contribution in [3.8, 4) is 0 Å². The van der Waals surface area contributed by atoms with E-state index in [-0.39, 0.29) is 18.8 Å². The molecule has 2 saturated heterocycles. The Hall–Kier alpha value is -5.19. The zero-order valence-electron chi connectivity index (χ0n) is 35.1. The second-order valence-electron chi connectivity index (χ2n) is 14.4. The van der Waals surface area contributed by atoms with Crippen molar-refractivity contribution in [3.63, 3.8) is 0 Å². The Morgan fingerprint density at radius 1 is 0.667 bits per heavy atom. The highest BCUT2D eigenvalue weighted by atomic mass is 32.2. The summed E-state index contributed by atoms with van der Waals surface area (Å²) >= 11 is 0. The minimum atomic E-state index is -3.64. The van der Waals surface area contributed by atoms with Crippen LogP contribution in [-0.2, 0) is 42.6 Å². The SMILES string of the molecule is C=CS(=O)(=O)N(Cc1ccc(C(=O)OC)cc1)c1ccccc1.CN1C[CH+]CCC1.COC(=O)c1ccc(CN(c2ccccc2)S(=O)(=O)CCN2CCN(C)CC2)cc1. The maximum Gasteiger partial charge on any atom is 0.337 e. The molecule has 13 nitrogen and oxygen atoms in total. The molecule has 0 N–H and O–H groups in total. The number of piperidine rings is 1. The molecule has 0 spiro atoms. The number of hydrogen-bond donors (Lipinski definition) is 0. The zero-order valence-corrected chi connectivity index (χ0v) is 36.7. The number of likely N-dealkylation sites (tertiary alicyclic amines) is 1. The van der Waals surface area contributed by atoms with Crippen molar-refractivity contribution in [2.75, 3.05) is 88.5 Å². The van der Waals surface area contributed by atoms with Gasteiger partial charge in [-0.1, -0.05) is 67.2 Å². The Morgan fingerprint density at radius 3 is 1.53 bits per heavy atom. The first-order chi connectivity index (χ1) is 28.8. The number of anilines is 2. The van der Waals surface area contributed by atoms with E-state index in [1.807, 2.05) is 24.3 Å². The number of para-hydroxylation sites is 2. The molecule has 0 saturated carbocycles. The predicted molar refractivity (Wildman–Crippen MR) is 239 cm³/mol. The first-order valence-electron chi connectivity index (χ1n) is 19.8. The smallest absolute Gasteiger partial charge is 0.337 e.